The Labute approximate surface area is 167 Å². The number of hydrogen-bond donors (Lipinski definition) is 2. The zero-order valence-corrected chi connectivity index (χ0v) is 16.5. The van der Waals surface area contributed by atoms with E-state index in [1.807, 2.05) is 12.1 Å². The number of aromatic amines is 1. The van der Waals surface area contributed by atoms with E-state index in [0.29, 0.717) is 23.4 Å². The maximum Gasteiger partial charge on any atom is 0.573 e. The minimum Gasteiger partial charge on any atom is -0.406 e. The van der Waals surface area contributed by atoms with Crippen molar-refractivity contribution in [1.29, 1.82) is 0 Å². The van der Waals surface area contributed by atoms with E-state index in [9.17, 15) is 13.2 Å². The van der Waals surface area contributed by atoms with Crippen LogP contribution in [0.2, 0.25) is 5.02 Å². The van der Waals surface area contributed by atoms with Gasteiger partial charge in [0, 0.05) is 26.0 Å². The van der Waals surface area contributed by atoms with E-state index in [1.54, 1.807) is 12.1 Å². The lowest BCUT2D eigenvalue weighted by Gasteiger charge is -2.10. The van der Waals surface area contributed by atoms with Crippen molar-refractivity contribution in [3.8, 4) is 17.0 Å². The third-order valence-electron chi connectivity index (χ3n) is 4.19. The molecule has 0 aliphatic carbocycles. The van der Waals surface area contributed by atoms with Crippen molar-refractivity contribution in [3.63, 3.8) is 0 Å². The fourth-order valence-corrected chi connectivity index (χ4v) is 3.62. The van der Waals surface area contributed by atoms with Gasteiger partial charge in [0.2, 0.25) is 0 Å². The highest BCUT2D eigenvalue weighted by atomic mass is 79.9. The molecule has 1 heterocycles. The molecular formula is C19H17BrClF3N2O. The molecule has 0 amide bonds. The molecule has 0 fully saturated rings. The van der Waals surface area contributed by atoms with Crippen LogP contribution in [0.4, 0.5) is 13.2 Å². The summed E-state index contributed by atoms with van der Waals surface area (Å²) in [7, 11) is 0. The molecule has 0 spiro atoms. The Bertz CT molecular complexity index is 956. The van der Waals surface area contributed by atoms with Crippen LogP contribution < -0.4 is 10.5 Å². The Balaban J connectivity index is 2.14. The summed E-state index contributed by atoms with van der Waals surface area (Å²) in [5, 5.41) is 1.23. The van der Waals surface area contributed by atoms with Crippen LogP contribution in [0.15, 0.2) is 40.9 Å². The normalized spacial score (nSPS) is 11.9. The van der Waals surface area contributed by atoms with E-state index in [0.717, 1.165) is 39.7 Å². The van der Waals surface area contributed by atoms with E-state index in [-0.39, 0.29) is 5.75 Å². The first-order chi connectivity index (χ1) is 12.8. The first-order valence-corrected chi connectivity index (χ1v) is 9.51. The monoisotopic (exact) mass is 460 g/mol. The zero-order chi connectivity index (χ0) is 19.6. The summed E-state index contributed by atoms with van der Waals surface area (Å²) in [5.41, 5.74) is 8.77. The van der Waals surface area contributed by atoms with E-state index in [4.69, 9.17) is 17.3 Å². The van der Waals surface area contributed by atoms with Crippen molar-refractivity contribution in [2.75, 3.05) is 6.54 Å². The van der Waals surface area contributed by atoms with Crippen LogP contribution in [0, 0.1) is 0 Å². The molecule has 3 N–H and O–H groups in total. The van der Waals surface area contributed by atoms with Gasteiger partial charge in [-0.25, -0.2) is 0 Å². The molecule has 8 heteroatoms. The van der Waals surface area contributed by atoms with Gasteiger partial charge in [-0.15, -0.1) is 13.2 Å². The second-order valence-corrected chi connectivity index (χ2v) is 7.43. The Hall–Kier alpha value is -1.70. The Kier molecular flexibility index (Phi) is 6.03. The van der Waals surface area contributed by atoms with Crippen molar-refractivity contribution < 1.29 is 17.9 Å². The Morgan fingerprint density at radius 3 is 2.59 bits per heavy atom. The predicted molar refractivity (Wildman–Crippen MR) is 105 cm³/mol. The molecule has 144 valence electrons. The summed E-state index contributed by atoms with van der Waals surface area (Å²) in [4.78, 5) is 3.29. The maximum absolute atomic E-state index is 12.6. The van der Waals surface area contributed by atoms with E-state index >= 15 is 0 Å². The van der Waals surface area contributed by atoms with Crippen molar-refractivity contribution >= 4 is 38.4 Å². The topological polar surface area (TPSA) is 51.0 Å². The lowest BCUT2D eigenvalue weighted by atomic mass is 10.00. The number of alkyl halides is 3. The average molecular weight is 462 g/mol. The molecular weight excluding hydrogens is 445 g/mol. The van der Waals surface area contributed by atoms with Gasteiger partial charge in [0.05, 0.1) is 5.69 Å². The maximum atomic E-state index is 12.6. The molecule has 3 rings (SSSR count). The standard InChI is InChI=1S/C19H17BrClF3N2O/c20-11-4-6-16(21)15(9-11)18-13(3-1-2-8-25)14-10-12(27-19(22,23)24)5-7-17(14)26-18/h4-7,9-10,26H,1-3,8,25H2. The van der Waals surface area contributed by atoms with Gasteiger partial charge in [0.25, 0.3) is 0 Å². The number of aromatic nitrogens is 1. The van der Waals surface area contributed by atoms with Crippen LogP contribution >= 0.6 is 27.5 Å². The summed E-state index contributed by atoms with van der Waals surface area (Å²) in [6.45, 7) is 0.553. The van der Waals surface area contributed by atoms with Crippen LogP contribution in [0.25, 0.3) is 22.2 Å². The lowest BCUT2D eigenvalue weighted by Crippen LogP contribution is -2.16. The number of nitrogens with one attached hydrogen (secondary N) is 1. The summed E-state index contributed by atoms with van der Waals surface area (Å²) in [5.74, 6) is -0.249. The molecule has 0 unspecified atom stereocenters. The minimum absolute atomic E-state index is 0.249. The molecule has 0 bridgehead atoms. The average Bonchev–Trinajstić information content (AvgIpc) is 2.94. The van der Waals surface area contributed by atoms with Crippen molar-refractivity contribution in [2.45, 2.75) is 25.6 Å². The van der Waals surface area contributed by atoms with Crippen molar-refractivity contribution in [2.24, 2.45) is 5.73 Å². The molecule has 2 aromatic carbocycles. The molecule has 1 aromatic heterocycles. The van der Waals surface area contributed by atoms with Gasteiger partial charge in [-0.2, -0.15) is 0 Å². The van der Waals surface area contributed by atoms with E-state index < -0.39 is 6.36 Å². The van der Waals surface area contributed by atoms with Gasteiger partial charge in [-0.3, -0.25) is 0 Å². The molecule has 0 radical (unpaired) electrons. The molecule has 0 aliphatic rings. The SMILES string of the molecule is NCCCCc1c(-c2cc(Br)ccc2Cl)[nH]c2ccc(OC(F)(F)F)cc12. The summed E-state index contributed by atoms with van der Waals surface area (Å²) in [6, 6.07) is 9.77. The second kappa shape index (κ2) is 8.12. The van der Waals surface area contributed by atoms with Gasteiger partial charge in [0.1, 0.15) is 5.75 Å². The number of fused-ring (bicyclic) bond motifs is 1. The number of hydrogen-bond acceptors (Lipinski definition) is 2. The smallest absolute Gasteiger partial charge is 0.406 e. The first-order valence-electron chi connectivity index (χ1n) is 8.34. The molecule has 0 saturated carbocycles. The number of H-pyrrole nitrogens is 1. The molecule has 0 aliphatic heterocycles. The van der Waals surface area contributed by atoms with Crippen LogP contribution in [0.5, 0.6) is 5.75 Å². The second-order valence-electron chi connectivity index (χ2n) is 6.10. The van der Waals surface area contributed by atoms with E-state index in [2.05, 4.69) is 25.7 Å². The van der Waals surface area contributed by atoms with Gasteiger partial charge >= 0.3 is 6.36 Å². The molecule has 27 heavy (non-hydrogen) atoms. The molecule has 0 saturated heterocycles. The van der Waals surface area contributed by atoms with E-state index in [1.165, 1.54) is 12.1 Å². The number of rotatable bonds is 6. The van der Waals surface area contributed by atoms with Gasteiger partial charge in [0.15, 0.2) is 0 Å². The quantitative estimate of drug-likeness (QED) is 0.416. The van der Waals surface area contributed by atoms with Crippen molar-refractivity contribution in [1.82, 2.24) is 4.98 Å². The number of ether oxygens (including phenoxy) is 1. The Morgan fingerprint density at radius 1 is 1.11 bits per heavy atom. The van der Waals surface area contributed by atoms with Crippen LogP contribution in [0.1, 0.15) is 18.4 Å². The first kappa shape index (κ1) is 20.0. The third kappa shape index (κ3) is 4.78. The van der Waals surface area contributed by atoms with Gasteiger partial charge in [-0.05, 0) is 67.8 Å². The zero-order valence-electron chi connectivity index (χ0n) is 14.2. The lowest BCUT2D eigenvalue weighted by molar-refractivity contribution is -0.274. The highest BCUT2D eigenvalue weighted by molar-refractivity contribution is 9.10. The fourth-order valence-electron chi connectivity index (χ4n) is 3.05. The van der Waals surface area contributed by atoms with Crippen molar-refractivity contribution in [3.05, 3.63) is 51.5 Å². The molecule has 0 atom stereocenters. The van der Waals surface area contributed by atoms with Gasteiger partial charge < -0.3 is 15.5 Å². The summed E-state index contributed by atoms with van der Waals surface area (Å²) < 4.78 is 42.7. The van der Waals surface area contributed by atoms with Crippen LogP contribution in [-0.4, -0.2) is 17.9 Å². The molecule has 3 nitrogen and oxygen atoms in total. The largest absolute Gasteiger partial charge is 0.573 e. The summed E-state index contributed by atoms with van der Waals surface area (Å²) in [6.07, 6.45) is -2.45. The van der Waals surface area contributed by atoms with Crippen LogP contribution in [-0.2, 0) is 6.42 Å². The number of halogens is 5. The summed E-state index contributed by atoms with van der Waals surface area (Å²) >= 11 is 9.81. The molecule has 3 aromatic rings. The van der Waals surface area contributed by atoms with Gasteiger partial charge in [-0.1, -0.05) is 27.5 Å². The number of benzene rings is 2. The Morgan fingerprint density at radius 2 is 1.89 bits per heavy atom. The number of unbranched alkanes of at least 4 members (excludes halogenated alkanes) is 1. The minimum atomic E-state index is -4.74. The highest BCUT2D eigenvalue weighted by Gasteiger charge is 2.31. The third-order valence-corrected chi connectivity index (χ3v) is 5.01. The highest BCUT2D eigenvalue weighted by Crippen LogP contribution is 2.38. The number of aryl methyl sites for hydroxylation is 1. The number of nitrogens with two attached hydrogens (primary N) is 1. The fraction of sp³-hybridized carbons (Fsp3) is 0.263. The predicted octanol–water partition coefficient (Wildman–Crippen LogP) is 6.43. The van der Waals surface area contributed by atoms with Crippen LogP contribution in [0.3, 0.4) is 0 Å².